The molecule has 2 atom stereocenters. The van der Waals surface area contributed by atoms with Crippen LogP contribution in [0.1, 0.15) is 16.7 Å². The Morgan fingerprint density at radius 3 is 2.63 bits per heavy atom. The van der Waals surface area contributed by atoms with Gasteiger partial charge in [0.25, 0.3) is 5.69 Å². The van der Waals surface area contributed by atoms with Crippen LogP contribution in [-0.4, -0.2) is 22.2 Å². The third kappa shape index (κ3) is 3.17. The standard InChI is InChI=1S/C20H18N2O5/c1-11-8-19(24)27-20-15(11)7-2-12-9-17(18(23)10-16(12)20)21-13-3-5-14(6-4-13)22(25)26/h2-8,17-18,21,23H,9-10H2,1H3/t17-,18-/m1/s1. The summed E-state index contributed by atoms with van der Waals surface area (Å²) in [7, 11) is 0. The molecule has 0 unspecified atom stereocenters. The molecule has 7 nitrogen and oxygen atoms in total. The number of nitrogens with one attached hydrogen (secondary N) is 1. The molecule has 27 heavy (non-hydrogen) atoms. The lowest BCUT2D eigenvalue weighted by molar-refractivity contribution is -0.384. The molecule has 0 fully saturated rings. The van der Waals surface area contributed by atoms with Crippen LogP contribution in [0.25, 0.3) is 11.0 Å². The summed E-state index contributed by atoms with van der Waals surface area (Å²) in [5.74, 6) is 0. The number of non-ortho nitro benzene ring substituents is 1. The van der Waals surface area contributed by atoms with E-state index in [0.717, 1.165) is 22.1 Å². The highest BCUT2D eigenvalue weighted by atomic mass is 16.6. The molecule has 0 radical (unpaired) electrons. The lowest BCUT2D eigenvalue weighted by atomic mass is 9.84. The molecule has 2 N–H and O–H groups in total. The van der Waals surface area contributed by atoms with Gasteiger partial charge in [0.05, 0.1) is 17.1 Å². The van der Waals surface area contributed by atoms with Crippen molar-refractivity contribution < 1.29 is 14.4 Å². The van der Waals surface area contributed by atoms with E-state index in [4.69, 9.17) is 4.42 Å². The van der Waals surface area contributed by atoms with E-state index in [-0.39, 0.29) is 11.7 Å². The minimum atomic E-state index is -0.677. The molecule has 1 aromatic heterocycles. The van der Waals surface area contributed by atoms with Crippen LogP contribution in [-0.2, 0) is 12.8 Å². The van der Waals surface area contributed by atoms with E-state index in [0.29, 0.717) is 24.1 Å². The third-order valence-corrected chi connectivity index (χ3v) is 5.07. The Hall–Kier alpha value is -3.19. The highest BCUT2D eigenvalue weighted by Gasteiger charge is 2.29. The van der Waals surface area contributed by atoms with Gasteiger partial charge >= 0.3 is 5.63 Å². The minimum absolute atomic E-state index is 0.0203. The summed E-state index contributed by atoms with van der Waals surface area (Å²) in [6, 6.07) is 11.3. The van der Waals surface area contributed by atoms with Gasteiger partial charge in [0.2, 0.25) is 0 Å². The molecular formula is C20H18N2O5. The van der Waals surface area contributed by atoms with Gasteiger partial charge in [0.1, 0.15) is 5.58 Å². The zero-order valence-electron chi connectivity index (χ0n) is 14.6. The van der Waals surface area contributed by atoms with Crippen molar-refractivity contribution in [2.24, 2.45) is 0 Å². The maximum absolute atomic E-state index is 11.8. The average Bonchev–Trinajstić information content (AvgIpc) is 2.63. The fourth-order valence-corrected chi connectivity index (χ4v) is 3.66. The summed E-state index contributed by atoms with van der Waals surface area (Å²) < 4.78 is 5.43. The van der Waals surface area contributed by atoms with Crippen LogP contribution in [0.3, 0.4) is 0 Å². The van der Waals surface area contributed by atoms with Crippen molar-refractivity contribution in [1.29, 1.82) is 0 Å². The summed E-state index contributed by atoms with van der Waals surface area (Å²) >= 11 is 0. The van der Waals surface area contributed by atoms with Crippen LogP contribution in [0.4, 0.5) is 11.4 Å². The lowest BCUT2D eigenvalue weighted by Gasteiger charge is -2.31. The molecule has 3 aromatic rings. The number of anilines is 1. The quantitative estimate of drug-likeness (QED) is 0.419. The largest absolute Gasteiger partial charge is 0.422 e. The van der Waals surface area contributed by atoms with Crippen molar-refractivity contribution in [3.05, 3.63) is 79.7 Å². The Morgan fingerprint density at radius 1 is 1.19 bits per heavy atom. The van der Waals surface area contributed by atoms with Gasteiger partial charge in [-0.15, -0.1) is 0 Å². The normalized spacial score (nSPS) is 18.9. The summed E-state index contributed by atoms with van der Waals surface area (Å²) in [5.41, 5.74) is 3.61. The second-order valence-electron chi connectivity index (χ2n) is 6.86. The highest BCUT2D eigenvalue weighted by Crippen LogP contribution is 2.31. The van der Waals surface area contributed by atoms with E-state index in [9.17, 15) is 20.0 Å². The molecule has 0 saturated carbocycles. The topological polar surface area (TPSA) is 106 Å². The molecule has 1 heterocycles. The van der Waals surface area contributed by atoms with Crippen molar-refractivity contribution in [1.82, 2.24) is 0 Å². The molecular weight excluding hydrogens is 348 g/mol. The Balaban J connectivity index is 1.64. The Kier molecular flexibility index (Phi) is 4.16. The first kappa shape index (κ1) is 17.2. The van der Waals surface area contributed by atoms with Gasteiger partial charge in [-0.3, -0.25) is 10.1 Å². The molecule has 0 amide bonds. The molecule has 0 bridgehead atoms. The number of benzene rings is 2. The van der Waals surface area contributed by atoms with Crippen LogP contribution >= 0.6 is 0 Å². The van der Waals surface area contributed by atoms with Gasteiger partial charge in [0, 0.05) is 41.3 Å². The van der Waals surface area contributed by atoms with E-state index in [1.165, 1.54) is 18.2 Å². The zero-order chi connectivity index (χ0) is 19.1. The monoisotopic (exact) mass is 366 g/mol. The first-order valence-electron chi connectivity index (χ1n) is 8.66. The van der Waals surface area contributed by atoms with Gasteiger partial charge in [-0.25, -0.2) is 4.79 Å². The molecule has 4 rings (SSSR count). The van der Waals surface area contributed by atoms with E-state index >= 15 is 0 Å². The number of nitro benzene ring substituents is 1. The predicted octanol–water partition coefficient (Wildman–Crippen LogP) is 2.95. The van der Waals surface area contributed by atoms with E-state index in [2.05, 4.69) is 5.32 Å². The number of rotatable bonds is 3. The molecule has 7 heteroatoms. The summed E-state index contributed by atoms with van der Waals surface area (Å²) in [6.45, 7) is 1.86. The fourth-order valence-electron chi connectivity index (χ4n) is 3.66. The first-order chi connectivity index (χ1) is 12.9. The van der Waals surface area contributed by atoms with Crippen LogP contribution in [0, 0.1) is 17.0 Å². The van der Waals surface area contributed by atoms with Crippen molar-refractivity contribution in [2.75, 3.05) is 5.32 Å². The Bertz CT molecular complexity index is 1090. The van der Waals surface area contributed by atoms with E-state index in [1.807, 2.05) is 19.1 Å². The fraction of sp³-hybridized carbons (Fsp3) is 0.250. The van der Waals surface area contributed by atoms with Crippen LogP contribution in [0.15, 0.2) is 51.7 Å². The highest BCUT2D eigenvalue weighted by molar-refractivity contribution is 5.84. The number of hydrogen-bond acceptors (Lipinski definition) is 6. The average molecular weight is 366 g/mol. The second kappa shape index (κ2) is 6.51. The maximum Gasteiger partial charge on any atom is 0.336 e. The third-order valence-electron chi connectivity index (χ3n) is 5.07. The minimum Gasteiger partial charge on any atom is -0.422 e. The summed E-state index contributed by atoms with van der Waals surface area (Å²) in [6.07, 6.45) is 0.245. The number of nitrogens with zero attached hydrogens (tertiary/aromatic N) is 1. The van der Waals surface area contributed by atoms with Gasteiger partial charge in [-0.2, -0.15) is 0 Å². The summed E-state index contributed by atoms with van der Waals surface area (Å²) in [5, 5.41) is 25.5. The summed E-state index contributed by atoms with van der Waals surface area (Å²) in [4.78, 5) is 22.1. The molecule has 0 spiro atoms. The predicted molar refractivity (Wildman–Crippen MR) is 101 cm³/mol. The van der Waals surface area contributed by atoms with Gasteiger partial charge in [-0.05, 0) is 36.6 Å². The van der Waals surface area contributed by atoms with Crippen molar-refractivity contribution >= 4 is 22.3 Å². The van der Waals surface area contributed by atoms with Gasteiger partial charge in [-0.1, -0.05) is 12.1 Å². The Morgan fingerprint density at radius 2 is 1.93 bits per heavy atom. The zero-order valence-corrected chi connectivity index (χ0v) is 14.6. The second-order valence-corrected chi connectivity index (χ2v) is 6.86. The van der Waals surface area contributed by atoms with E-state index in [1.54, 1.807) is 12.1 Å². The van der Waals surface area contributed by atoms with Crippen LogP contribution in [0.2, 0.25) is 0 Å². The van der Waals surface area contributed by atoms with Crippen molar-refractivity contribution in [3.63, 3.8) is 0 Å². The molecule has 2 aromatic carbocycles. The smallest absolute Gasteiger partial charge is 0.336 e. The number of aliphatic hydroxyl groups excluding tert-OH is 1. The lowest BCUT2D eigenvalue weighted by Crippen LogP contribution is -2.40. The SMILES string of the molecule is Cc1cc(=O)oc2c3c(ccc12)C[C@@H](Nc1ccc([N+](=O)[O-])cc1)[C@H](O)C3. The van der Waals surface area contributed by atoms with Gasteiger partial charge < -0.3 is 14.8 Å². The van der Waals surface area contributed by atoms with Crippen molar-refractivity contribution in [2.45, 2.75) is 31.9 Å². The van der Waals surface area contributed by atoms with E-state index < -0.39 is 16.7 Å². The van der Waals surface area contributed by atoms with Crippen LogP contribution < -0.4 is 10.9 Å². The molecule has 1 aliphatic rings. The van der Waals surface area contributed by atoms with Crippen LogP contribution in [0.5, 0.6) is 0 Å². The Labute approximate surface area is 154 Å². The molecule has 0 saturated heterocycles. The number of aliphatic hydroxyl groups is 1. The maximum atomic E-state index is 11.8. The number of nitro groups is 1. The number of aryl methyl sites for hydroxylation is 1. The molecule has 0 aliphatic heterocycles. The molecule has 1 aliphatic carbocycles. The number of hydrogen-bond donors (Lipinski definition) is 2. The van der Waals surface area contributed by atoms with Crippen molar-refractivity contribution in [3.8, 4) is 0 Å². The molecule has 138 valence electrons. The van der Waals surface area contributed by atoms with Gasteiger partial charge in [0.15, 0.2) is 0 Å². The number of fused-ring (bicyclic) bond motifs is 3. The first-order valence-corrected chi connectivity index (χ1v) is 8.66.